The molecule has 0 amide bonds. The first-order valence-electron chi connectivity index (χ1n) is 13.3. The lowest BCUT2D eigenvalue weighted by Gasteiger charge is -2.50. The number of hydrogen-bond donors (Lipinski definition) is 2. The number of likely N-dealkylation sites (N-methyl/N-ethyl adjacent to an activating group) is 1. The van der Waals surface area contributed by atoms with Crippen molar-refractivity contribution < 1.29 is 4.74 Å². The quantitative estimate of drug-likeness (QED) is 0.534. The summed E-state index contributed by atoms with van der Waals surface area (Å²) in [5, 5.41) is 6.91. The van der Waals surface area contributed by atoms with E-state index in [4.69, 9.17) is 4.74 Å². The molecular weight excluding hydrogens is 404 g/mol. The van der Waals surface area contributed by atoms with Crippen LogP contribution in [0.25, 0.3) is 0 Å². The monoisotopic (exact) mass is 452 g/mol. The maximum Gasteiger partial charge on any atom is 0.0856 e. The van der Waals surface area contributed by atoms with Crippen molar-refractivity contribution in [1.82, 2.24) is 10.6 Å². The van der Waals surface area contributed by atoms with Crippen LogP contribution in [0.2, 0.25) is 0 Å². The highest BCUT2D eigenvalue weighted by molar-refractivity contribution is 5.01. The third-order valence-electron chi connectivity index (χ3n) is 7.15. The predicted octanol–water partition coefficient (Wildman–Crippen LogP) is 6.86. The van der Waals surface area contributed by atoms with E-state index in [-0.39, 0.29) is 5.60 Å². The van der Waals surface area contributed by atoms with Gasteiger partial charge < -0.3 is 15.4 Å². The summed E-state index contributed by atoms with van der Waals surface area (Å²) in [4.78, 5) is 0. The second-order valence-corrected chi connectivity index (χ2v) is 9.49. The van der Waals surface area contributed by atoms with E-state index in [1.54, 1.807) is 0 Å². The number of nitrogens with one attached hydrogen (secondary N) is 2. The van der Waals surface area contributed by atoms with Crippen LogP contribution in [0.4, 0.5) is 0 Å². The highest BCUT2D eigenvalue weighted by Gasteiger charge is 2.45. The smallest absolute Gasteiger partial charge is 0.0856 e. The Balaban J connectivity index is 0.000000161. The molecule has 1 saturated heterocycles. The summed E-state index contributed by atoms with van der Waals surface area (Å²) in [6.45, 7) is 6.68. The molecule has 0 aromatic heterocycles. The molecule has 2 saturated carbocycles. The highest BCUT2D eigenvalue weighted by Crippen LogP contribution is 2.40. The molecule has 184 valence electrons. The van der Waals surface area contributed by atoms with Crippen molar-refractivity contribution in [2.75, 3.05) is 20.2 Å². The van der Waals surface area contributed by atoms with Gasteiger partial charge in [0.05, 0.1) is 12.2 Å². The average molecular weight is 453 g/mol. The maximum absolute atomic E-state index is 5.70. The van der Waals surface area contributed by atoms with E-state index in [1.165, 1.54) is 57.8 Å². The second-order valence-electron chi connectivity index (χ2n) is 9.49. The van der Waals surface area contributed by atoms with Gasteiger partial charge in [-0.2, -0.15) is 0 Å². The van der Waals surface area contributed by atoms with Gasteiger partial charge in [-0.05, 0) is 45.2 Å². The standard InChI is InChI=1S/C9H17NO.C9H19N.2C6H6/c1-10-8-4-2-3-5-9(8)6-7-11-9;1-3-10-9-7-5-4-6-8(9)2;2*1-2-4-6-5-3-1/h8,10H,2-7H2,1H3;8-10H,3-7H2,1-2H3;2*1-6H. The molecular formula is C30H48N2O. The van der Waals surface area contributed by atoms with E-state index in [0.717, 1.165) is 25.1 Å². The predicted molar refractivity (Wildman–Crippen MR) is 143 cm³/mol. The van der Waals surface area contributed by atoms with Crippen molar-refractivity contribution in [3.05, 3.63) is 72.8 Å². The number of rotatable bonds is 3. The Morgan fingerprint density at radius 2 is 1.21 bits per heavy atom. The molecule has 0 radical (unpaired) electrons. The van der Waals surface area contributed by atoms with Gasteiger partial charge in [0.1, 0.15) is 0 Å². The number of ether oxygens (including phenoxy) is 1. The van der Waals surface area contributed by atoms with Gasteiger partial charge in [0.25, 0.3) is 0 Å². The molecule has 5 rings (SSSR count). The summed E-state index contributed by atoms with van der Waals surface area (Å²) in [6.07, 6.45) is 12.3. The lowest BCUT2D eigenvalue weighted by molar-refractivity contribution is -0.180. The van der Waals surface area contributed by atoms with Crippen LogP contribution in [0.5, 0.6) is 0 Å². The normalized spacial score (nSPS) is 27.9. The van der Waals surface area contributed by atoms with E-state index in [1.807, 2.05) is 72.8 Å². The van der Waals surface area contributed by atoms with E-state index in [0.29, 0.717) is 6.04 Å². The van der Waals surface area contributed by atoms with Crippen molar-refractivity contribution in [1.29, 1.82) is 0 Å². The fraction of sp³-hybridized carbons (Fsp3) is 0.600. The fourth-order valence-corrected chi connectivity index (χ4v) is 5.11. The minimum Gasteiger partial charge on any atom is -0.373 e. The fourth-order valence-electron chi connectivity index (χ4n) is 5.11. The van der Waals surface area contributed by atoms with Crippen LogP contribution in [0.1, 0.15) is 71.6 Å². The maximum atomic E-state index is 5.70. The molecule has 1 spiro atoms. The Hall–Kier alpha value is -1.68. The first kappa shape index (κ1) is 27.6. The average Bonchev–Trinajstić information content (AvgIpc) is 2.88. The van der Waals surface area contributed by atoms with Crippen LogP contribution in [0.15, 0.2) is 72.8 Å². The van der Waals surface area contributed by atoms with Gasteiger partial charge in [-0.15, -0.1) is 0 Å². The number of benzene rings is 2. The van der Waals surface area contributed by atoms with Crippen LogP contribution >= 0.6 is 0 Å². The molecule has 3 heteroatoms. The summed E-state index contributed by atoms with van der Waals surface area (Å²) in [7, 11) is 2.05. The molecule has 3 fully saturated rings. The summed E-state index contributed by atoms with van der Waals surface area (Å²) >= 11 is 0. The van der Waals surface area contributed by atoms with Gasteiger partial charge >= 0.3 is 0 Å². The van der Waals surface area contributed by atoms with Crippen LogP contribution < -0.4 is 10.6 Å². The topological polar surface area (TPSA) is 33.3 Å². The van der Waals surface area contributed by atoms with E-state index < -0.39 is 0 Å². The van der Waals surface area contributed by atoms with E-state index >= 15 is 0 Å². The molecule has 1 aliphatic heterocycles. The van der Waals surface area contributed by atoms with Crippen LogP contribution in [0, 0.1) is 5.92 Å². The Kier molecular flexibility index (Phi) is 14.1. The molecule has 4 atom stereocenters. The van der Waals surface area contributed by atoms with Gasteiger partial charge in [0.15, 0.2) is 0 Å². The first-order chi connectivity index (χ1) is 16.2. The lowest BCUT2D eigenvalue weighted by Crippen LogP contribution is -2.59. The van der Waals surface area contributed by atoms with E-state index in [2.05, 4.69) is 31.5 Å². The largest absolute Gasteiger partial charge is 0.373 e. The Morgan fingerprint density at radius 3 is 1.58 bits per heavy atom. The van der Waals surface area contributed by atoms with Crippen molar-refractivity contribution in [2.24, 2.45) is 5.92 Å². The zero-order valence-electron chi connectivity index (χ0n) is 21.3. The Morgan fingerprint density at radius 1 is 0.727 bits per heavy atom. The van der Waals surface area contributed by atoms with Gasteiger partial charge in [-0.3, -0.25) is 0 Å². The van der Waals surface area contributed by atoms with Crippen LogP contribution in [-0.2, 0) is 4.74 Å². The molecule has 0 bridgehead atoms. The third-order valence-corrected chi connectivity index (χ3v) is 7.15. The van der Waals surface area contributed by atoms with E-state index in [9.17, 15) is 0 Å². The van der Waals surface area contributed by atoms with Crippen LogP contribution in [-0.4, -0.2) is 37.9 Å². The lowest BCUT2D eigenvalue weighted by atomic mass is 9.75. The first-order valence-corrected chi connectivity index (χ1v) is 13.3. The molecule has 4 unspecified atom stereocenters. The zero-order valence-corrected chi connectivity index (χ0v) is 21.3. The number of hydrogen-bond acceptors (Lipinski definition) is 3. The highest BCUT2D eigenvalue weighted by atomic mass is 16.5. The summed E-state index contributed by atoms with van der Waals surface area (Å²) in [5.41, 5.74) is 0.257. The van der Waals surface area contributed by atoms with Crippen LogP contribution in [0.3, 0.4) is 0 Å². The SMILES string of the molecule is CCNC1CCCCC1C.CNC1CCCCC12CCO2.c1ccccc1.c1ccccc1. The third kappa shape index (κ3) is 10.4. The molecule has 33 heavy (non-hydrogen) atoms. The molecule has 3 aliphatic rings. The summed E-state index contributed by atoms with van der Waals surface area (Å²) in [5.74, 6) is 0.911. The summed E-state index contributed by atoms with van der Waals surface area (Å²) < 4.78 is 5.70. The molecule has 2 N–H and O–H groups in total. The molecule has 2 aliphatic carbocycles. The molecule has 2 aromatic rings. The zero-order chi connectivity index (χ0) is 23.6. The Labute approximate surface area is 203 Å². The van der Waals surface area contributed by atoms with Gasteiger partial charge in [-0.1, -0.05) is 112 Å². The minimum atomic E-state index is 0.257. The van der Waals surface area contributed by atoms with Gasteiger partial charge in [0, 0.05) is 18.5 Å². The molecule has 3 nitrogen and oxygen atoms in total. The minimum absolute atomic E-state index is 0.257. The Bertz CT molecular complexity index is 587. The van der Waals surface area contributed by atoms with Gasteiger partial charge in [0.2, 0.25) is 0 Å². The molecule has 2 aromatic carbocycles. The summed E-state index contributed by atoms with van der Waals surface area (Å²) in [6, 6.07) is 25.4. The molecule has 1 heterocycles. The van der Waals surface area contributed by atoms with Crippen molar-refractivity contribution in [3.63, 3.8) is 0 Å². The van der Waals surface area contributed by atoms with Crippen molar-refractivity contribution in [3.8, 4) is 0 Å². The van der Waals surface area contributed by atoms with Gasteiger partial charge in [-0.25, -0.2) is 0 Å². The second kappa shape index (κ2) is 16.9. The van der Waals surface area contributed by atoms with Crippen molar-refractivity contribution >= 4 is 0 Å². The van der Waals surface area contributed by atoms with Crippen molar-refractivity contribution in [2.45, 2.75) is 89.3 Å².